The molecule has 18 heavy (non-hydrogen) atoms. The number of carboxylic acids is 1. The van der Waals surface area contributed by atoms with Gasteiger partial charge in [0, 0.05) is 10.6 Å². The summed E-state index contributed by atoms with van der Waals surface area (Å²) in [4.78, 5) is 10.4. The number of benzene rings is 1. The molecule has 100 valence electrons. The predicted octanol–water partition coefficient (Wildman–Crippen LogP) is 2.96. The highest BCUT2D eigenvalue weighted by Gasteiger charge is 2.12. The maximum atomic E-state index is 10.4. The van der Waals surface area contributed by atoms with Crippen LogP contribution in [0, 0.1) is 13.8 Å². The van der Waals surface area contributed by atoms with E-state index in [-0.39, 0.29) is 13.0 Å². The highest BCUT2D eigenvalue weighted by Crippen LogP contribution is 2.31. The number of aryl methyl sites for hydroxylation is 1. The van der Waals surface area contributed by atoms with Gasteiger partial charge in [0.2, 0.25) is 0 Å². The fourth-order valence-electron chi connectivity index (χ4n) is 1.66. The number of methoxy groups -OCH3 is 1. The van der Waals surface area contributed by atoms with Crippen LogP contribution in [0.2, 0.25) is 5.02 Å². The summed E-state index contributed by atoms with van der Waals surface area (Å²) >= 11 is 6.17. The number of carboxylic acid groups (broad SMARTS) is 1. The first-order chi connectivity index (χ1) is 8.47. The first kappa shape index (κ1) is 14.8. The second kappa shape index (κ2) is 6.61. The lowest BCUT2D eigenvalue weighted by molar-refractivity contribution is -0.138. The highest BCUT2D eigenvalue weighted by atomic mass is 35.5. The molecule has 4 nitrogen and oxygen atoms in total. The van der Waals surface area contributed by atoms with Gasteiger partial charge in [-0.1, -0.05) is 11.6 Å². The van der Waals surface area contributed by atoms with E-state index in [4.69, 9.17) is 26.2 Å². The van der Waals surface area contributed by atoms with E-state index >= 15 is 0 Å². The van der Waals surface area contributed by atoms with Crippen LogP contribution in [-0.2, 0) is 16.1 Å². The van der Waals surface area contributed by atoms with E-state index in [2.05, 4.69) is 0 Å². The molecule has 0 aliphatic rings. The summed E-state index contributed by atoms with van der Waals surface area (Å²) in [7, 11) is 1.59. The van der Waals surface area contributed by atoms with E-state index < -0.39 is 5.97 Å². The number of ether oxygens (including phenoxy) is 2. The number of halogens is 1. The Labute approximate surface area is 111 Å². The zero-order valence-electron chi connectivity index (χ0n) is 10.7. The summed E-state index contributed by atoms with van der Waals surface area (Å²) in [6.45, 7) is 4.27. The van der Waals surface area contributed by atoms with Gasteiger partial charge in [-0.25, -0.2) is 0 Å². The first-order valence-electron chi connectivity index (χ1n) is 5.59. The Morgan fingerprint density at radius 3 is 2.67 bits per heavy atom. The maximum absolute atomic E-state index is 10.4. The van der Waals surface area contributed by atoms with Crippen molar-refractivity contribution >= 4 is 17.6 Å². The number of carbonyl (C=O) groups is 1. The lowest BCUT2D eigenvalue weighted by atomic mass is 10.0. The molecule has 0 heterocycles. The monoisotopic (exact) mass is 272 g/mol. The predicted molar refractivity (Wildman–Crippen MR) is 69.4 cm³/mol. The van der Waals surface area contributed by atoms with Crippen LogP contribution in [0.5, 0.6) is 5.75 Å². The number of aliphatic carboxylic acids is 1. The Bertz CT molecular complexity index is 443. The van der Waals surface area contributed by atoms with Crippen molar-refractivity contribution in [1.82, 2.24) is 0 Å². The third kappa shape index (κ3) is 3.62. The summed E-state index contributed by atoms with van der Waals surface area (Å²) < 4.78 is 10.6. The molecule has 0 amide bonds. The van der Waals surface area contributed by atoms with Crippen molar-refractivity contribution in [3.8, 4) is 5.75 Å². The van der Waals surface area contributed by atoms with Gasteiger partial charge in [-0.15, -0.1) is 0 Å². The molecule has 0 radical (unpaired) electrons. The van der Waals surface area contributed by atoms with Crippen molar-refractivity contribution in [1.29, 1.82) is 0 Å². The molecule has 0 aromatic heterocycles. The average Bonchev–Trinajstić information content (AvgIpc) is 2.33. The molecule has 5 heteroatoms. The van der Waals surface area contributed by atoms with Crippen molar-refractivity contribution in [2.75, 3.05) is 13.7 Å². The maximum Gasteiger partial charge on any atom is 0.305 e. The van der Waals surface area contributed by atoms with E-state index in [0.717, 1.165) is 16.7 Å². The molecule has 1 N–H and O–H groups in total. The van der Waals surface area contributed by atoms with Gasteiger partial charge in [0.25, 0.3) is 0 Å². The molecular weight excluding hydrogens is 256 g/mol. The summed E-state index contributed by atoms with van der Waals surface area (Å²) in [5.74, 6) is -0.162. The van der Waals surface area contributed by atoms with Crippen LogP contribution in [0.15, 0.2) is 6.07 Å². The van der Waals surface area contributed by atoms with Crippen molar-refractivity contribution in [2.24, 2.45) is 0 Å². The third-order valence-corrected chi connectivity index (χ3v) is 3.28. The molecule has 1 rings (SSSR count). The van der Waals surface area contributed by atoms with Gasteiger partial charge >= 0.3 is 5.97 Å². The molecule has 0 aliphatic carbocycles. The Morgan fingerprint density at radius 1 is 1.44 bits per heavy atom. The molecule has 0 bridgehead atoms. The van der Waals surface area contributed by atoms with Crippen LogP contribution < -0.4 is 4.74 Å². The topological polar surface area (TPSA) is 55.8 Å². The quantitative estimate of drug-likeness (QED) is 0.809. The zero-order valence-corrected chi connectivity index (χ0v) is 11.5. The van der Waals surface area contributed by atoms with E-state index in [1.807, 2.05) is 19.9 Å². The molecule has 1 aromatic rings. The van der Waals surface area contributed by atoms with Gasteiger partial charge in [-0.2, -0.15) is 0 Å². The fourth-order valence-corrected chi connectivity index (χ4v) is 1.82. The van der Waals surface area contributed by atoms with Crippen LogP contribution >= 0.6 is 11.6 Å². The largest absolute Gasteiger partial charge is 0.496 e. The number of rotatable bonds is 6. The van der Waals surface area contributed by atoms with Gasteiger partial charge in [0.05, 0.1) is 26.7 Å². The minimum Gasteiger partial charge on any atom is -0.496 e. The molecule has 0 aliphatic heterocycles. The van der Waals surface area contributed by atoms with E-state index in [9.17, 15) is 4.79 Å². The van der Waals surface area contributed by atoms with Gasteiger partial charge < -0.3 is 14.6 Å². The van der Waals surface area contributed by atoms with Gasteiger partial charge in [-0.05, 0) is 31.0 Å². The van der Waals surface area contributed by atoms with Crippen LogP contribution in [-0.4, -0.2) is 24.8 Å². The van der Waals surface area contributed by atoms with Crippen LogP contribution in [0.25, 0.3) is 0 Å². The van der Waals surface area contributed by atoms with E-state index in [1.165, 1.54) is 0 Å². The number of hydrogen-bond donors (Lipinski definition) is 1. The van der Waals surface area contributed by atoms with E-state index in [1.54, 1.807) is 7.11 Å². The molecule has 0 spiro atoms. The summed E-state index contributed by atoms with van der Waals surface area (Å²) in [6, 6.07) is 1.85. The first-order valence-corrected chi connectivity index (χ1v) is 5.97. The van der Waals surface area contributed by atoms with Crippen LogP contribution in [0.4, 0.5) is 0 Å². The Morgan fingerprint density at radius 2 is 2.11 bits per heavy atom. The average molecular weight is 273 g/mol. The molecule has 0 saturated heterocycles. The SMILES string of the molecule is COc1cc(C)c(Cl)c(C)c1COCCC(=O)O. The van der Waals surface area contributed by atoms with Crippen LogP contribution in [0.1, 0.15) is 23.1 Å². The second-order valence-electron chi connectivity index (χ2n) is 4.01. The standard InChI is InChI=1S/C13H17ClO4/c1-8-6-11(17-3)10(9(2)13(8)14)7-18-5-4-12(15)16/h6H,4-5,7H2,1-3H3,(H,15,16). The molecule has 0 atom stereocenters. The highest BCUT2D eigenvalue weighted by molar-refractivity contribution is 6.32. The minimum atomic E-state index is -0.874. The van der Waals surface area contributed by atoms with Crippen molar-refractivity contribution < 1.29 is 19.4 Å². The Hall–Kier alpha value is -1.26. The summed E-state index contributed by atoms with van der Waals surface area (Å²) in [5.41, 5.74) is 2.71. The zero-order chi connectivity index (χ0) is 13.7. The molecule has 0 saturated carbocycles. The fraction of sp³-hybridized carbons (Fsp3) is 0.462. The molecule has 0 unspecified atom stereocenters. The van der Waals surface area contributed by atoms with E-state index in [0.29, 0.717) is 17.4 Å². The lowest BCUT2D eigenvalue weighted by Crippen LogP contribution is -2.05. The van der Waals surface area contributed by atoms with Gasteiger partial charge in [-0.3, -0.25) is 4.79 Å². The Kier molecular flexibility index (Phi) is 5.44. The summed E-state index contributed by atoms with van der Waals surface area (Å²) in [5, 5.41) is 9.21. The molecule has 1 aromatic carbocycles. The second-order valence-corrected chi connectivity index (χ2v) is 4.39. The number of hydrogen-bond acceptors (Lipinski definition) is 3. The smallest absolute Gasteiger partial charge is 0.305 e. The van der Waals surface area contributed by atoms with Gasteiger partial charge in [0.15, 0.2) is 0 Å². The normalized spacial score (nSPS) is 10.4. The lowest BCUT2D eigenvalue weighted by Gasteiger charge is -2.15. The molecular formula is C13H17ClO4. The van der Waals surface area contributed by atoms with Crippen molar-refractivity contribution in [3.05, 3.63) is 27.8 Å². The summed E-state index contributed by atoms with van der Waals surface area (Å²) in [6.07, 6.45) is -0.0129. The van der Waals surface area contributed by atoms with Crippen LogP contribution in [0.3, 0.4) is 0 Å². The third-order valence-electron chi connectivity index (χ3n) is 2.70. The van der Waals surface area contributed by atoms with Crippen molar-refractivity contribution in [2.45, 2.75) is 26.9 Å². The van der Waals surface area contributed by atoms with Crippen molar-refractivity contribution in [3.63, 3.8) is 0 Å². The van der Waals surface area contributed by atoms with Gasteiger partial charge in [0.1, 0.15) is 5.75 Å². The molecule has 0 fully saturated rings. The minimum absolute atomic E-state index is 0.0129. The Balaban J connectivity index is 2.80.